The first-order chi connectivity index (χ1) is 27.5. The van der Waals surface area contributed by atoms with E-state index in [0.717, 1.165) is 33.4 Å². The van der Waals surface area contributed by atoms with Gasteiger partial charge in [0.2, 0.25) is 0 Å². The summed E-state index contributed by atoms with van der Waals surface area (Å²) in [6, 6.07) is 24.5. The average molecular weight is 795 g/mol. The normalized spacial score (nSPS) is 12.0. The van der Waals surface area contributed by atoms with E-state index >= 15 is 0 Å². The van der Waals surface area contributed by atoms with Gasteiger partial charge in [-0.15, -0.1) is 0 Å². The van der Waals surface area contributed by atoms with Gasteiger partial charge in [-0.3, -0.25) is 25.2 Å². The fraction of sp³-hybridized carbons (Fsp3) is 0.256. The standard InChI is InChI=1S/C43H43ClN4O9/c1-26-34(30-9-11-33(12-10-30)55-14-13-47-38(22-49)42(51)52)5-3-6-35(26)36-7-4-8-40(27(36)2)57-25-32-17-41(56-24-29-15-28(18-45)19-46-20-29)31(16-37(32)44)21-48-39(23-50)43(53)54/h3-12,15-17,19-20,38-39,47-50H,13-14,21-25H2,1-2H3,(H,51,52)(H,53,54). The number of aliphatic hydroxyl groups is 2. The summed E-state index contributed by atoms with van der Waals surface area (Å²) in [4.78, 5) is 26.7. The second-order valence-corrected chi connectivity index (χ2v) is 13.5. The Morgan fingerprint density at radius 2 is 1.42 bits per heavy atom. The maximum Gasteiger partial charge on any atom is 0.323 e. The molecule has 1 aromatic heterocycles. The zero-order valence-corrected chi connectivity index (χ0v) is 32.1. The summed E-state index contributed by atoms with van der Waals surface area (Å²) in [7, 11) is 0. The Morgan fingerprint density at radius 3 is 2.11 bits per heavy atom. The number of carboxylic acids is 2. The van der Waals surface area contributed by atoms with Crippen LogP contribution in [0.4, 0.5) is 0 Å². The van der Waals surface area contributed by atoms with Crippen LogP contribution in [0.2, 0.25) is 5.02 Å². The van der Waals surface area contributed by atoms with Crippen molar-refractivity contribution in [2.45, 2.75) is 45.7 Å². The number of aliphatic carboxylic acids is 2. The molecule has 2 unspecified atom stereocenters. The van der Waals surface area contributed by atoms with Gasteiger partial charge in [-0.2, -0.15) is 5.26 Å². The van der Waals surface area contributed by atoms with Crippen molar-refractivity contribution in [2.75, 3.05) is 26.4 Å². The Bertz CT molecular complexity index is 2230. The molecule has 0 amide bonds. The second-order valence-electron chi connectivity index (χ2n) is 13.1. The Kier molecular flexibility index (Phi) is 15.0. The molecular formula is C43H43ClN4O9. The van der Waals surface area contributed by atoms with Gasteiger partial charge in [0.05, 0.1) is 18.8 Å². The van der Waals surface area contributed by atoms with Gasteiger partial charge in [-0.1, -0.05) is 54.1 Å². The lowest BCUT2D eigenvalue weighted by molar-refractivity contribution is -0.141. The zero-order valence-electron chi connectivity index (χ0n) is 31.4. The molecule has 57 heavy (non-hydrogen) atoms. The summed E-state index contributed by atoms with van der Waals surface area (Å²) >= 11 is 6.75. The number of nitriles is 1. The molecule has 0 fully saturated rings. The highest BCUT2D eigenvalue weighted by Gasteiger charge is 2.19. The molecule has 0 spiro atoms. The fourth-order valence-corrected chi connectivity index (χ4v) is 6.33. The molecule has 1 heterocycles. The number of hydrogen-bond acceptors (Lipinski definition) is 11. The number of nitrogens with one attached hydrogen (secondary N) is 2. The van der Waals surface area contributed by atoms with Gasteiger partial charge in [0, 0.05) is 47.2 Å². The van der Waals surface area contributed by atoms with E-state index in [1.807, 2.05) is 55.5 Å². The summed E-state index contributed by atoms with van der Waals surface area (Å²) in [5.41, 5.74) is 8.26. The van der Waals surface area contributed by atoms with Gasteiger partial charge in [-0.05, 0) is 83.6 Å². The monoisotopic (exact) mass is 794 g/mol. The number of aliphatic hydroxyl groups excluding tert-OH is 2. The van der Waals surface area contributed by atoms with Crippen molar-refractivity contribution in [3.05, 3.63) is 130 Å². The lowest BCUT2D eigenvalue weighted by Gasteiger charge is -2.19. The van der Waals surface area contributed by atoms with Gasteiger partial charge in [0.15, 0.2) is 0 Å². The lowest BCUT2D eigenvalue weighted by atomic mass is 9.90. The third-order valence-electron chi connectivity index (χ3n) is 9.27. The molecule has 4 aromatic carbocycles. The summed E-state index contributed by atoms with van der Waals surface area (Å²) in [6.07, 6.45) is 3.04. The predicted molar refractivity (Wildman–Crippen MR) is 213 cm³/mol. The van der Waals surface area contributed by atoms with Crippen molar-refractivity contribution in [1.82, 2.24) is 15.6 Å². The van der Waals surface area contributed by atoms with Crippen LogP contribution < -0.4 is 24.8 Å². The van der Waals surface area contributed by atoms with Crippen LogP contribution in [0.25, 0.3) is 22.3 Å². The van der Waals surface area contributed by atoms with Crippen LogP contribution in [-0.2, 0) is 29.3 Å². The first-order valence-electron chi connectivity index (χ1n) is 18.0. The molecule has 0 bridgehead atoms. The van der Waals surface area contributed by atoms with Gasteiger partial charge >= 0.3 is 11.9 Å². The first kappa shape index (κ1) is 42.1. The minimum absolute atomic E-state index is 0.0437. The number of halogens is 1. The summed E-state index contributed by atoms with van der Waals surface area (Å²) in [6.45, 7) is 3.66. The maximum atomic E-state index is 11.5. The van der Waals surface area contributed by atoms with E-state index in [0.29, 0.717) is 44.5 Å². The number of carboxylic acid groups (broad SMARTS) is 2. The molecule has 0 saturated heterocycles. The molecule has 0 aliphatic carbocycles. The number of aromatic nitrogens is 1. The Labute approximate surface area is 335 Å². The van der Waals surface area contributed by atoms with Crippen molar-refractivity contribution in [3.8, 4) is 45.6 Å². The molecule has 2 atom stereocenters. The molecule has 5 aromatic rings. The highest BCUT2D eigenvalue weighted by atomic mass is 35.5. The molecule has 0 aliphatic heterocycles. The molecule has 13 nitrogen and oxygen atoms in total. The van der Waals surface area contributed by atoms with Crippen LogP contribution in [0.5, 0.6) is 17.2 Å². The Morgan fingerprint density at radius 1 is 0.772 bits per heavy atom. The van der Waals surface area contributed by atoms with E-state index in [-0.39, 0.29) is 32.9 Å². The van der Waals surface area contributed by atoms with Gasteiger partial charge in [0.25, 0.3) is 0 Å². The van der Waals surface area contributed by atoms with Crippen LogP contribution in [0.15, 0.2) is 91.3 Å². The Balaban J connectivity index is 1.32. The highest BCUT2D eigenvalue weighted by molar-refractivity contribution is 6.31. The third kappa shape index (κ3) is 11.1. The van der Waals surface area contributed by atoms with Crippen LogP contribution >= 0.6 is 11.6 Å². The van der Waals surface area contributed by atoms with Gasteiger partial charge in [0.1, 0.15) is 55.2 Å². The number of carbonyl (C=O) groups is 2. The third-order valence-corrected chi connectivity index (χ3v) is 9.62. The highest BCUT2D eigenvalue weighted by Crippen LogP contribution is 2.37. The van der Waals surface area contributed by atoms with E-state index in [4.69, 9.17) is 36.0 Å². The Hall–Kier alpha value is -6.01. The number of nitrogens with zero attached hydrogens (tertiary/aromatic N) is 2. The van der Waals surface area contributed by atoms with E-state index < -0.39 is 37.2 Å². The second kappa shape index (κ2) is 20.2. The molecular weight excluding hydrogens is 752 g/mol. The SMILES string of the molecule is Cc1c(OCc2cc(OCc3cncc(C#N)c3)c(CNC(CO)C(=O)O)cc2Cl)cccc1-c1cccc(-c2ccc(OCCNC(CO)C(=O)O)cc2)c1C. The van der Waals surface area contributed by atoms with E-state index in [1.54, 1.807) is 24.4 Å². The maximum absolute atomic E-state index is 11.5. The summed E-state index contributed by atoms with van der Waals surface area (Å²) < 4.78 is 18.3. The topological polar surface area (TPSA) is 203 Å². The van der Waals surface area contributed by atoms with Crippen LogP contribution in [0.3, 0.4) is 0 Å². The molecule has 14 heteroatoms. The van der Waals surface area contributed by atoms with Crippen LogP contribution in [0.1, 0.15) is 33.4 Å². The van der Waals surface area contributed by atoms with Crippen molar-refractivity contribution in [2.24, 2.45) is 0 Å². The number of hydrogen-bond donors (Lipinski definition) is 6. The quantitative estimate of drug-likeness (QED) is 0.0527. The van der Waals surface area contributed by atoms with Gasteiger partial charge in [-0.25, -0.2) is 0 Å². The van der Waals surface area contributed by atoms with E-state index in [2.05, 4.69) is 40.7 Å². The minimum atomic E-state index is -1.20. The number of ether oxygens (including phenoxy) is 3. The van der Waals surface area contributed by atoms with Crippen molar-refractivity contribution in [1.29, 1.82) is 5.26 Å². The van der Waals surface area contributed by atoms with Crippen LogP contribution in [-0.4, -0.2) is 75.8 Å². The largest absolute Gasteiger partial charge is 0.492 e. The minimum Gasteiger partial charge on any atom is -0.492 e. The van der Waals surface area contributed by atoms with Crippen molar-refractivity contribution in [3.63, 3.8) is 0 Å². The summed E-state index contributed by atoms with van der Waals surface area (Å²) in [5, 5.41) is 52.3. The molecule has 5 rings (SSSR count). The van der Waals surface area contributed by atoms with E-state index in [1.165, 1.54) is 6.20 Å². The van der Waals surface area contributed by atoms with Gasteiger partial charge < -0.3 is 34.6 Å². The zero-order chi connectivity index (χ0) is 40.9. The number of pyridine rings is 1. The molecule has 6 N–H and O–H groups in total. The molecule has 296 valence electrons. The number of rotatable bonds is 20. The molecule has 0 saturated carbocycles. The van der Waals surface area contributed by atoms with Crippen molar-refractivity contribution >= 4 is 23.5 Å². The van der Waals surface area contributed by atoms with Crippen molar-refractivity contribution < 1.29 is 44.2 Å². The predicted octanol–water partition coefficient (Wildman–Crippen LogP) is 5.66. The smallest absolute Gasteiger partial charge is 0.323 e. The molecule has 0 radical (unpaired) electrons. The lowest BCUT2D eigenvalue weighted by Crippen LogP contribution is -2.41. The molecule has 0 aliphatic rings. The first-order valence-corrected chi connectivity index (χ1v) is 18.4. The number of benzene rings is 4. The van der Waals surface area contributed by atoms with Crippen LogP contribution in [0, 0.1) is 25.2 Å². The average Bonchev–Trinajstić information content (AvgIpc) is 3.21. The summed E-state index contributed by atoms with van der Waals surface area (Å²) in [5.74, 6) is -0.626. The van der Waals surface area contributed by atoms with E-state index in [9.17, 15) is 25.1 Å². The fourth-order valence-electron chi connectivity index (χ4n) is 6.09.